The Balaban J connectivity index is 0.00000161. The molecule has 0 unspecified atom stereocenters. The predicted molar refractivity (Wildman–Crippen MR) is 89.4 cm³/mol. The first kappa shape index (κ1) is 17.0. The Kier molecular flexibility index (Phi) is 5.88. The third-order valence-corrected chi connectivity index (χ3v) is 6.24. The largest absolute Gasteiger partial charge is 0.315 e. The molecule has 2 heterocycles. The van der Waals surface area contributed by atoms with E-state index in [-0.39, 0.29) is 23.7 Å². The van der Waals surface area contributed by atoms with E-state index >= 15 is 0 Å². The topological polar surface area (TPSA) is 66.9 Å². The van der Waals surface area contributed by atoms with Crippen LogP contribution in [0, 0.1) is 11.3 Å². The van der Waals surface area contributed by atoms with Gasteiger partial charge in [-0.3, -0.25) is 10.1 Å². The Labute approximate surface area is 139 Å². The van der Waals surface area contributed by atoms with Crippen LogP contribution < -0.4 is 10.6 Å². The number of hydrogen-bond donors (Lipinski definition) is 2. The first-order valence-electron chi connectivity index (χ1n) is 7.23. The second kappa shape index (κ2) is 7.26. The average Bonchev–Trinajstić information content (AvgIpc) is 3.06. The van der Waals surface area contributed by atoms with E-state index < -0.39 is 0 Å². The zero-order chi connectivity index (χ0) is 14.0. The van der Waals surface area contributed by atoms with Crippen LogP contribution in [0.5, 0.6) is 0 Å². The summed E-state index contributed by atoms with van der Waals surface area (Å²) in [5, 5.41) is 15.2. The maximum atomic E-state index is 12.7. The Morgan fingerprint density at radius 2 is 2.38 bits per heavy atom. The van der Waals surface area contributed by atoms with E-state index in [0.717, 1.165) is 42.4 Å². The molecule has 1 amide bonds. The van der Waals surface area contributed by atoms with Crippen LogP contribution in [0.3, 0.4) is 0 Å². The summed E-state index contributed by atoms with van der Waals surface area (Å²) >= 11 is 3.13. The Hall–Kier alpha value is -0.370. The fraction of sp³-hybridized carbons (Fsp3) is 0.769. The Morgan fingerprint density at radius 3 is 3.19 bits per heavy atom. The highest BCUT2D eigenvalue weighted by molar-refractivity contribution is 8.01. The van der Waals surface area contributed by atoms with Crippen LogP contribution in [0.2, 0.25) is 0 Å². The second-order valence-corrected chi connectivity index (χ2v) is 7.98. The van der Waals surface area contributed by atoms with Gasteiger partial charge in [-0.2, -0.15) is 0 Å². The first-order chi connectivity index (χ1) is 9.74. The molecule has 2 aliphatic rings. The molecule has 3 rings (SSSR count). The van der Waals surface area contributed by atoms with Gasteiger partial charge in [-0.05, 0) is 31.1 Å². The number of aromatic nitrogens is 2. The third kappa shape index (κ3) is 3.36. The van der Waals surface area contributed by atoms with Gasteiger partial charge < -0.3 is 5.32 Å². The first-order valence-corrected chi connectivity index (χ1v) is 9.03. The van der Waals surface area contributed by atoms with Crippen molar-refractivity contribution in [3.05, 3.63) is 0 Å². The number of carbonyl (C=O) groups is 1. The highest BCUT2D eigenvalue weighted by atomic mass is 35.5. The summed E-state index contributed by atoms with van der Waals surface area (Å²) in [6.07, 6.45) is 4.55. The Morgan fingerprint density at radius 1 is 1.52 bits per heavy atom. The standard InChI is InChI=1S/C13H20N4OS2.ClH/c1-2-19-12-17-16-11(20-12)15-10(18)13-6-4-3-5-9(13)7-14-8-13;/h9,14H,2-8H2,1H3,(H,15,16,18);1H/t9-,13+;/m0./s1. The van der Waals surface area contributed by atoms with E-state index in [4.69, 9.17) is 0 Å². The van der Waals surface area contributed by atoms with Crippen molar-refractivity contribution in [2.24, 2.45) is 11.3 Å². The van der Waals surface area contributed by atoms with Crippen LogP contribution in [0.15, 0.2) is 4.34 Å². The molecule has 8 heteroatoms. The molecule has 1 saturated heterocycles. The number of amides is 1. The molecule has 0 spiro atoms. The lowest BCUT2D eigenvalue weighted by Crippen LogP contribution is -2.44. The molecule has 21 heavy (non-hydrogen) atoms. The molecule has 1 aromatic heterocycles. The fourth-order valence-electron chi connectivity index (χ4n) is 3.35. The van der Waals surface area contributed by atoms with E-state index in [1.54, 1.807) is 11.8 Å². The van der Waals surface area contributed by atoms with Crippen molar-refractivity contribution in [1.29, 1.82) is 0 Å². The number of anilines is 1. The van der Waals surface area contributed by atoms with Crippen LogP contribution in [-0.4, -0.2) is 34.9 Å². The summed E-state index contributed by atoms with van der Waals surface area (Å²) in [5.41, 5.74) is -0.220. The minimum absolute atomic E-state index is 0. The maximum absolute atomic E-state index is 12.7. The highest BCUT2D eigenvalue weighted by Crippen LogP contribution is 2.44. The molecule has 1 aliphatic heterocycles. The van der Waals surface area contributed by atoms with Gasteiger partial charge in [0.15, 0.2) is 4.34 Å². The summed E-state index contributed by atoms with van der Waals surface area (Å²) in [6, 6.07) is 0. The molecule has 5 nitrogen and oxygen atoms in total. The lowest BCUT2D eigenvalue weighted by Gasteiger charge is -2.36. The van der Waals surface area contributed by atoms with Gasteiger partial charge in [-0.25, -0.2) is 0 Å². The molecular weight excluding hydrogens is 328 g/mol. The van der Waals surface area contributed by atoms with Crippen LogP contribution >= 0.6 is 35.5 Å². The molecule has 0 aromatic carbocycles. The van der Waals surface area contributed by atoms with Gasteiger partial charge in [0.25, 0.3) is 0 Å². The average molecular weight is 349 g/mol. The van der Waals surface area contributed by atoms with Crippen molar-refractivity contribution in [2.45, 2.75) is 36.9 Å². The number of hydrogen-bond acceptors (Lipinski definition) is 6. The summed E-state index contributed by atoms with van der Waals surface area (Å²) in [4.78, 5) is 12.7. The summed E-state index contributed by atoms with van der Waals surface area (Å²) in [5.74, 6) is 1.59. The highest BCUT2D eigenvalue weighted by Gasteiger charge is 2.50. The summed E-state index contributed by atoms with van der Waals surface area (Å²) in [6.45, 7) is 3.86. The third-order valence-electron chi connectivity index (χ3n) is 4.39. The predicted octanol–water partition coefficient (Wildman–Crippen LogP) is 2.79. The monoisotopic (exact) mass is 348 g/mol. The van der Waals surface area contributed by atoms with Crippen molar-refractivity contribution in [2.75, 3.05) is 24.2 Å². The van der Waals surface area contributed by atoms with Gasteiger partial charge in [0, 0.05) is 6.54 Å². The molecule has 2 N–H and O–H groups in total. The number of nitrogens with one attached hydrogen (secondary N) is 2. The number of halogens is 1. The number of thioether (sulfide) groups is 1. The molecular formula is C13H21ClN4OS2. The van der Waals surface area contributed by atoms with E-state index in [2.05, 4.69) is 27.8 Å². The van der Waals surface area contributed by atoms with Crippen molar-refractivity contribution in [3.63, 3.8) is 0 Å². The molecule has 1 aliphatic carbocycles. The van der Waals surface area contributed by atoms with Crippen molar-refractivity contribution >= 4 is 46.5 Å². The summed E-state index contributed by atoms with van der Waals surface area (Å²) in [7, 11) is 0. The van der Waals surface area contributed by atoms with Crippen LogP contribution in [0.25, 0.3) is 0 Å². The zero-order valence-electron chi connectivity index (χ0n) is 12.1. The number of carbonyl (C=O) groups excluding carboxylic acids is 1. The lowest BCUT2D eigenvalue weighted by molar-refractivity contribution is -0.128. The Bertz CT molecular complexity index is 498. The fourth-order valence-corrected chi connectivity index (χ4v) is 5.00. The minimum atomic E-state index is -0.220. The van der Waals surface area contributed by atoms with Gasteiger partial charge in [0.05, 0.1) is 5.41 Å². The van der Waals surface area contributed by atoms with Gasteiger partial charge in [0.1, 0.15) is 0 Å². The van der Waals surface area contributed by atoms with Gasteiger partial charge in [-0.15, -0.1) is 22.6 Å². The van der Waals surface area contributed by atoms with Crippen LogP contribution in [-0.2, 0) is 4.79 Å². The lowest BCUT2D eigenvalue weighted by atomic mass is 9.68. The molecule has 1 saturated carbocycles. The van der Waals surface area contributed by atoms with Crippen molar-refractivity contribution < 1.29 is 4.79 Å². The van der Waals surface area contributed by atoms with Crippen LogP contribution in [0.1, 0.15) is 32.6 Å². The normalized spacial score (nSPS) is 27.8. The van der Waals surface area contributed by atoms with E-state index in [1.807, 2.05) is 0 Å². The van der Waals surface area contributed by atoms with E-state index in [9.17, 15) is 4.79 Å². The van der Waals surface area contributed by atoms with Crippen LogP contribution in [0.4, 0.5) is 5.13 Å². The SMILES string of the molecule is CCSc1nnc(NC(=O)[C@@]23CCCC[C@H]2CNC3)s1.Cl. The number of nitrogens with zero attached hydrogens (tertiary/aromatic N) is 2. The maximum Gasteiger partial charge on any atom is 0.234 e. The zero-order valence-corrected chi connectivity index (χ0v) is 14.5. The summed E-state index contributed by atoms with van der Waals surface area (Å²) < 4.78 is 0.921. The molecule has 0 radical (unpaired) electrons. The van der Waals surface area contributed by atoms with Gasteiger partial charge in [0.2, 0.25) is 11.0 Å². The minimum Gasteiger partial charge on any atom is -0.315 e. The quantitative estimate of drug-likeness (QED) is 0.647. The van der Waals surface area contributed by atoms with Crippen molar-refractivity contribution in [3.8, 4) is 0 Å². The molecule has 118 valence electrons. The molecule has 1 aromatic rings. The number of rotatable bonds is 4. The second-order valence-electron chi connectivity index (χ2n) is 5.49. The smallest absolute Gasteiger partial charge is 0.234 e. The molecule has 0 bridgehead atoms. The van der Waals surface area contributed by atoms with E-state index in [1.165, 1.54) is 17.8 Å². The molecule has 2 atom stereocenters. The van der Waals surface area contributed by atoms with Crippen molar-refractivity contribution in [1.82, 2.24) is 15.5 Å². The van der Waals surface area contributed by atoms with Gasteiger partial charge in [-0.1, -0.05) is 42.9 Å². The number of fused-ring (bicyclic) bond motifs is 1. The molecule has 2 fully saturated rings. The van der Waals surface area contributed by atoms with Gasteiger partial charge >= 0.3 is 0 Å². The van der Waals surface area contributed by atoms with E-state index in [0.29, 0.717) is 11.0 Å².